The summed E-state index contributed by atoms with van der Waals surface area (Å²) in [5.74, 6) is -0.828. The van der Waals surface area contributed by atoms with Gasteiger partial charge in [-0.05, 0) is 35.9 Å². The Morgan fingerprint density at radius 3 is 2.06 bits per heavy atom. The van der Waals surface area contributed by atoms with Crippen molar-refractivity contribution in [1.29, 1.82) is 0 Å². The van der Waals surface area contributed by atoms with Crippen LogP contribution in [0.1, 0.15) is 18.1 Å². The van der Waals surface area contributed by atoms with E-state index in [1.807, 2.05) is 0 Å². The monoisotopic (exact) mass is 528 g/mol. The molecule has 0 atom stereocenters. The van der Waals surface area contributed by atoms with Crippen molar-refractivity contribution in [3.05, 3.63) is 76.5 Å². The zero-order chi connectivity index (χ0) is 26.5. The molecule has 0 aliphatic rings. The highest BCUT2D eigenvalue weighted by Gasteiger charge is 2.32. The second kappa shape index (κ2) is 8.69. The van der Waals surface area contributed by atoms with Crippen LogP contribution in [0.3, 0.4) is 0 Å². The number of nitrogens with zero attached hydrogens (tertiary/aromatic N) is 4. The SMILES string of the molecule is CCS(=O)(=O)c1cc(-c2ccc(C(F)(F)F)cc2)cnc1-c1nc(=O)n2cc(C(F)(F)F)ccc2n1. The lowest BCUT2D eigenvalue weighted by molar-refractivity contribution is -0.138. The molecule has 0 N–H and O–H groups in total. The summed E-state index contributed by atoms with van der Waals surface area (Å²) in [7, 11) is -4.01. The molecule has 0 bridgehead atoms. The van der Waals surface area contributed by atoms with E-state index in [0.717, 1.165) is 30.3 Å². The Balaban J connectivity index is 1.87. The molecule has 4 aromatic rings. The topological polar surface area (TPSA) is 94.3 Å². The smallest absolute Gasteiger partial charge is 0.251 e. The molecule has 0 saturated heterocycles. The fourth-order valence-corrected chi connectivity index (χ4v) is 4.36. The molecule has 3 heterocycles. The van der Waals surface area contributed by atoms with Crippen molar-refractivity contribution in [3.63, 3.8) is 0 Å². The van der Waals surface area contributed by atoms with Crippen molar-refractivity contribution < 1.29 is 34.8 Å². The highest BCUT2D eigenvalue weighted by atomic mass is 32.2. The lowest BCUT2D eigenvalue weighted by Crippen LogP contribution is -2.21. The number of fused-ring (bicyclic) bond motifs is 1. The van der Waals surface area contributed by atoms with Crippen LogP contribution in [0.25, 0.3) is 28.3 Å². The lowest BCUT2D eigenvalue weighted by atomic mass is 10.0. The van der Waals surface area contributed by atoms with E-state index < -0.39 is 49.7 Å². The molecule has 3 aromatic heterocycles. The van der Waals surface area contributed by atoms with E-state index in [1.54, 1.807) is 0 Å². The molecule has 0 amide bonds. The molecule has 0 aliphatic heterocycles. The first kappa shape index (κ1) is 25.3. The molecular weight excluding hydrogens is 514 g/mol. The first-order valence-electron chi connectivity index (χ1n) is 10.1. The molecule has 188 valence electrons. The van der Waals surface area contributed by atoms with Crippen LogP contribution in [0.2, 0.25) is 0 Å². The van der Waals surface area contributed by atoms with Gasteiger partial charge in [0.1, 0.15) is 11.3 Å². The Hall–Kier alpha value is -3.81. The summed E-state index contributed by atoms with van der Waals surface area (Å²) in [4.78, 5) is 23.8. The molecule has 0 fully saturated rings. The third-order valence-electron chi connectivity index (χ3n) is 5.21. The minimum Gasteiger partial charge on any atom is -0.251 e. The van der Waals surface area contributed by atoms with Crippen LogP contribution in [0, 0.1) is 0 Å². The van der Waals surface area contributed by atoms with Gasteiger partial charge >= 0.3 is 18.0 Å². The van der Waals surface area contributed by atoms with E-state index in [2.05, 4.69) is 15.0 Å². The summed E-state index contributed by atoms with van der Waals surface area (Å²) in [6.07, 6.45) is -7.58. The largest absolute Gasteiger partial charge is 0.417 e. The van der Waals surface area contributed by atoms with Crippen LogP contribution in [0.4, 0.5) is 26.3 Å². The second-order valence-electron chi connectivity index (χ2n) is 7.52. The van der Waals surface area contributed by atoms with Crippen LogP contribution in [0.15, 0.2) is 64.5 Å². The number of aromatic nitrogens is 4. The predicted octanol–water partition coefficient (Wildman–Crippen LogP) is 4.65. The molecule has 0 radical (unpaired) electrons. The summed E-state index contributed by atoms with van der Waals surface area (Å²) in [5, 5.41) is 0. The maximum atomic E-state index is 13.0. The average Bonchev–Trinajstić information content (AvgIpc) is 2.82. The molecule has 0 aliphatic carbocycles. The van der Waals surface area contributed by atoms with E-state index in [9.17, 15) is 39.6 Å². The van der Waals surface area contributed by atoms with Crippen LogP contribution in [-0.4, -0.2) is 33.5 Å². The van der Waals surface area contributed by atoms with Gasteiger partial charge in [-0.2, -0.15) is 31.3 Å². The Bertz CT molecular complexity index is 1630. The normalized spacial score (nSPS) is 12.8. The van der Waals surface area contributed by atoms with E-state index in [1.165, 1.54) is 19.2 Å². The minimum atomic E-state index is -4.72. The molecule has 0 spiro atoms. The molecule has 1 aromatic carbocycles. The highest BCUT2D eigenvalue weighted by Crippen LogP contribution is 2.33. The van der Waals surface area contributed by atoms with Gasteiger partial charge in [0.15, 0.2) is 15.7 Å². The van der Waals surface area contributed by atoms with Gasteiger partial charge in [-0.15, -0.1) is 0 Å². The molecule has 14 heteroatoms. The number of pyridine rings is 2. The third kappa shape index (κ3) is 4.80. The van der Waals surface area contributed by atoms with Crippen LogP contribution >= 0.6 is 0 Å². The zero-order valence-electron chi connectivity index (χ0n) is 18.1. The summed E-state index contributed by atoms with van der Waals surface area (Å²) in [5.41, 5.74) is -3.29. The minimum absolute atomic E-state index is 0.173. The van der Waals surface area contributed by atoms with Crippen LogP contribution < -0.4 is 5.69 Å². The number of benzene rings is 1. The van der Waals surface area contributed by atoms with Gasteiger partial charge in [-0.1, -0.05) is 19.1 Å². The van der Waals surface area contributed by atoms with E-state index in [4.69, 9.17) is 0 Å². The molecule has 7 nitrogen and oxygen atoms in total. The van der Waals surface area contributed by atoms with Gasteiger partial charge in [-0.3, -0.25) is 9.38 Å². The van der Waals surface area contributed by atoms with Crippen molar-refractivity contribution in [2.24, 2.45) is 0 Å². The maximum Gasteiger partial charge on any atom is 0.417 e. The quantitative estimate of drug-likeness (QED) is 0.358. The number of rotatable bonds is 4. The Morgan fingerprint density at radius 2 is 1.47 bits per heavy atom. The predicted molar refractivity (Wildman–Crippen MR) is 116 cm³/mol. The van der Waals surface area contributed by atoms with E-state index >= 15 is 0 Å². The Morgan fingerprint density at radius 1 is 0.861 bits per heavy atom. The number of sulfone groups is 1. The molecule has 0 unspecified atom stereocenters. The molecule has 36 heavy (non-hydrogen) atoms. The van der Waals surface area contributed by atoms with Gasteiger partial charge < -0.3 is 0 Å². The van der Waals surface area contributed by atoms with Gasteiger partial charge in [0.05, 0.1) is 21.8 Å². The number of halogens is 6. The van der Waals surface area contributed by atoms with Crippen molar-refractivity contribution in [1.82, 2.24) is 19.4 Å². The van der Waals surface area contributed by atoms with Gasteiger partial charge in [0.25, 0.3) is 0 Å². The Kier molecular flexibility index (Phi) is 6.11. The summed E-state index contributed by atoms with van der Waals surface area (Å²) < 4.78 is 104. The molecule has 0 saturated carbocycles. The summed E-state index contributed by atoms with van der Waals surface area (Å²) in [6, 6.07) is 6.77. The third-order valence-corrected chi connectivity index (χ3v) is 6.95. The standard InChI is InChI=1S/C22H14F6N4O3S/c1-2-36(34,35)16-9-13(12-3-5-14(6-4-12)21(23,24)25)10-29-18(16)19-30-17-8-7-15(22(26,27)28)11-32(17)20(33)31-19/h3-11H,2H2,1H3. The van der Waals surface area contributed by atoms with Crippen LogP contribution in [-0.2, 0) is 22.2 Å². The summed E-state index contributed by atoms with van der Waals surface area (Å²) in [6.45, 7) is 1.35. The van der Waals surface area contributed by atoms with Crippen LogP contribution in [0.5, 0.6) is 0 Å². The van der Waals surface area contributed by atoms with Gasteiger partial charge in [-0.25, -0.2) is 18.2 Å². The first-order valence-corrected chi connectivity index (χ1v) is 11.7. The average molecular weight is 528 g/mol. The van der Waals surface area contributed by atoms with Crippen molar-refractivity contribution in [3.8, 4) is 22.6 Å². The van der Waals surface area contributed by atoms with Crippen molar-refractivity contribution >= 4 is 15.5 Å². The second-order valence-corrected chi connectivity index (χ2v) is 9.77. The lowest BCUT2D eigenvalue weighted by Gasteiger charge is -2.12. The number of hydrogen-bond donors (Lipinski definition) is 0. The van der Waals surface area contributed by atoms with Gasteiger partial charge in [0.2, 0.25) is 0 Å². The number of hydrogen-bond acceptors (Lipinski definition) is 6. The number of alkyl halides is 6. The fraction of sp³-hybridized carbons (Fsp3) is 0.182. The highest BCUT2D eigenvalue weighted by molar-refractivity contribution is 7.91. The van der Waals surface area contributed by atoms with E-state index in [-0.39, 0.29) is 28.2 Å². The fourth-order valence-electron chi connectivity index (χ4n) is 3.30. The van der Waals surface area contributed by atoms with Gasteiger partial charge in [0, 0.05) is 18.0 Å². The molecule has 4 rings (SSSR count). The first-order chi connectivity index (χ1) is 16.7. The maximum absolute atomic E-state index is 13.0. The van der Waals surface area contributed by atoms with Crippen molar-refractivity contribution in [2.45, 2.75) is 24.2 Å². The van der Waals surface area contributed by atoms with Crippen molar-refractivity contribution in [2.75, 3.05) is 5.75 Å². The van der Waals surface area contributed by atoms with E-state index in [0.29, 0.717) is 16.7 Å². The molecular formula is C22H14F6N4O3S. The summed E-state index contributed by atoms with van der Waals surface area (Å²) >= 11 is 0. The zero-order valence-corrected chi connectivity index (χ0v) is 18.9. The Labute approximate surface area is 199 Å².